The Bertz CT molecular complexity index is 967. The highest BCUT2D eigenvalue weighted by molar-refractivity contribution is 7.93. The van der Waals surface area contributed by atoms with Crippen LogP contribution in [0, 0.1) is 11.3 Å². The average Bonchev–Trinajstić information content (AvgIpc) is 3.13. The van der Waals surface area contributed by atoms with E-state index in [0.29, 0.717) is 31.0 Å². The molecule has 0 bridgehead atoms. The second-order valence-electron chi connectivity index (χ2n) is 6.70. The molecule has 2 aromatic rings. The van der Waals surface area contributed by atoms with Crippen molar-refractivity contribution in [1.29, 1.82) is 5.26 Å². The lowest BCUT2D eigenvalue weighted by Crippen LogP contribution is -2.48. The largest absolute Gasteiger partial charge is 0.355 e. The normalized spacial score (nSPS) is 19.9. The summed E-state index contributed by atoms with van der Waals surface area (Å²) in [6.07, 6.45) is 2.20. The zero-order valence-electron chi connectivity index (χ0n) is 14.4. The first kappa shape index (κ1) is 16.9. The summed E-state index contributed by atoms with van der Waals surface area (Å²) in [5, 5.41) is 8.58. The highest BCUT2D eigenvalue weighted by Crippen LogP contribution is 2.33. The number of benzene rings is 1. The molecule has 0 N–H and O–H groups in total. The van der Waals surface area contributed by atoms with Gasteiger partial charge in [-0.25, -0.2) is 13.4 Å². The van der Waals surface area contributed by atoms with Crippen LogP contribution in [-0.2, 0) is 16.4 Å². The quantitative estimate of drug-likeness (QED) is 0.831. The van der Waals surface area contributed by atoms with Crippen molar-refractivity contribution in [3.05, 3.63) is 53.7 Å². The number of piperidine rings is 1. The van der Waals surface area contributed by atoms with Gasteiger partial charge in [-0.1, -0.05) is 24.3 Å². The van der Waals surface area contributed by atoms with Crippen LogP contribution in [0.25, 0.3) is 0 Å². The van der Waals surface area contributed by atoms with Crippen LogP contribution in [-0.4, -0.2) is 38.3 Å². The van der Waals surface area contributed by atoms with E-state index in [4.69, 9.17) is 5.26 Å². The van der Waals surface area contributed by atoms with Crippen LogP contribution in [0.15, 0.2) is 42.5 Å². The molecule has 134 valence electrons. The summed E-state index contributed by atoms with van der Waals surface area (Å²) in [4.78, 5) is 6.30. The molecule has 1 fully saturated rings. The highest BCUT2D eigenvalue weighted by Gasteiger charge is 2.38. The lowest BCUT2D eigenvalue weighted by Gasteiger charge is -2.35. The Labute approximate surface area is 153 Å². The maximum absolute atomic E-state index is 13.3. The molecule has 6 nitrogen and oxygen atoms in total. The van der Waals surface area contributed by atoms with Crippen molar-refractivity contribution in [3.63, 3.8) is 0 Å². The SMILES string of the molecule is N#Cc1cccc(N2CCCC(S(=O)(=O)N3CCc4ccccc43)C2)n1. The molecule has 0 amide bonds. The molecule has 1 aromatic carbocycles. The van der Waals surface area contributed by atoms with Crippen LogP contribution in [0.2, 0.25) is 0 Å². The summed E-state index contributed by atoms with van der Waals surface area (Å²) in [6, 6.07) is 15.0. The van der Waals surface area contributed by atoms with E-state index in [1.54, 1.807) is 16.4 Å². The summed E-state index contributed by atoms with van der Waals surface area (Å²) < 4.78 is 28.1. The fourth-order valence-corrected chi connectivity index (χ4v) is 5.79. The van der Waals surface area contributed by atoms with Gasteiger partial charge in [-0.15, -0.1) is 0 Å². The van der Waals surface area contributed by atoms with E-state index in [2.05, 4.69) is 4.98 Å². The van der Waals surface area contributed by atoms with Crippen LogP contribution < -0.4 is 9.21 Å². The Morgan fingerprint density at radius 1 is 1.12 bits per heavy atom. The molecule has 7 heteroatoms. The first-order valence-electron chi connectivity index (χ1n) is 8.81. The molecule has 0 aliphatic carbocycles. The minimum absolute atomic E-state index is 0.348. The molecule has 1 saturated heterocycles. The molecule has 0 saturated carbocycles. The number of rotatable bonds is 3. The number of hydrogen-bond acceptors (Lipinski definition) is 5. The van der Waals surface area contributed by atoms with Crippen LogP contribution in [0.3, 0.4) is 0 Å². The number of para-hydroxylation sites is 1. The number of nitrogens with zero attached hydrogens (tertiary/aromatic N) is 4. The molecule has 4 rings (SSSR count). The van der Waals surface area contributed by atoms with Gasteiger partial charge in [0, 0.05) is 19.6 Å². The van der Waals surface area contributed by atoms with Gasteiger partial charge in [0.15, 0.2) is 0 Å². The van der Waals surface area contributed by atoms with E-state index < -0.39 is 15.3 Å². The van der Waals surface area contributed by atoms with Crippen molar-refractivity contribution in [2.75, 3.05) is 28.8 Å². The lowest BCUT2D eigenvalue weighted by atomic mass is 10.1. The van der Waals surface area contributed by atoms with E-state index in [1.807, 2.05) is 41.3 Å². The predicted molar refractivity (Wildman–Crippen MR) is 101 cm³/mol. The van der Waals surface area contributed by atoms with Crippen molar-refractivity contribution >= 4 is 21.5 Å². The fraction of sp³-hybridized carbons (Fsp3) is 0.368. The summed E-state index contributed by atoms with van der Waals surface area (Å²) >= 11 is 0. The minimum atomic E-state index is -3.43. The highest BCUT2D eigenvalue weighted by atomic mass is 32.2. The third kappa shape index (κ3) is 2.90. The Morgan fingerprint density at radius 3 is 2.81 bits per heavy atom. The topological polar surface area (TPSA) is 77.3 Å². The molecule has 0 radical (unpaired) electrons. The van der Waals surface area contributed by atoms with E-state index >= 15 is 0 Å². The van der Waals surface area contributed by atoms with Gasteiger partial charge < -0.3 is 4.90 Å². The molecule has 26 heavy (non-hydrogen) atoms. The third-order valence-electron chi connectivity index (χ3n) is 5.12. The Morgan fingerprint density at radius 2 is 1.96 bits per heavy atom. The average molecular weight is 368 g/mol. The van der Waals surface area contributed by atoms with Gasteiger partial charge in [-0.05, 0) is 43.0 Å². The first-order chi connectivity index (χ1) is 12.6. The van der Waals surface area contributed by atoms with Gasteiger partial charge in [0.05, 0.1) is 10.9 Å². The molecule has 1 unspecified atom stereocenters. The van der Waals surface area contributed by atoms with Crippen LogP contribution >= 0.6 is 0 Å². The number of hydrogen-bond donors (Lipinski definition) is 0. The Balaban J connectivity index is 1.59. The number of pyridine rings is 1. The van der Waals surface area contributed by atoms with Gasteiger partial charge in [0.1, 0.15) is 17.6 Å². The summed E-state index contributed by atoms with van der Waals surface area (Å²) in [5.41, 5.74) is 2.25. The molecule has 3 heterocycles. The fourth-order valence-electron chi connectivity index (χ4n) is 3.80. The van der Waals surface area contributed by atoms with Crippen molar-refractivity contribution < 1.29 is 8.42 Å². The molecular weight excluding hydrogens is 348 g/mol. The van der Waals surface area contributed by atoms with Crippen LogP contribution in [0.4, 0.5) is 11.5 Å². The lowest BCUT2D eigenvalue weighted by molar-refractivity contribution is 0.527. The van der Waals surface area contributed by atoms with Crippen molar-refractivity contribution in [2.24, 2.45) is 0 Å². The first-order valence-corrected chi connectivity index (χ1v) is 10.3. The van der Waals surface area contributed by atoms with Crippen LogP contribution in [0.1, 0.15) is 24.1 Å². The predicted octanol–water partition coefficient (Wildman–Crippen LogP) is 2.31. The zero-order chi connectivity index (χ0) is 18.1. The number of aromatic nitrogens is 1. The second-order valence-corrected chi connectivity index (χ2v) is 8.84. The molecular formula is C19H20N4O2S. The summed E-state index contributed by atoms with van der Waals surface area (Å²) in [5.74, 6) is 0.672. The van der Waals surface area contributed by atoms with Gasteiger partial charge in [-0.3, -0.25) is 4.31 Å². The molecule has 2 aliphatic heterocycles. The maximum Gasteiger partial charge on any atom is 0.239 e. The summed E-state index contributed by atoms with van der Waals surface area (Å²) in [7, 11) is -3.43. The van der Waals surface area contributed by atoms with Gasteiger partial charge in [0.25, 0.3) is 0 Å². The monoisotopic (exact) mass is 368 g/mol. The zero-order valence-corrected chi connectivity index (χ0v) is 15.2. The van der Waals surface area contributed by atoms with Gasteiger partial charge in [-0.2, -0.15) is 5.26 Å². The third-order valence-corrected chi connectivity index (χ3v) is 7.34. The summed E-state index contributed by atoms with van der Waals surface area (Å²) in [6.45, 7) is 1.67. The van der Waals surface area contributed by atoms with Crippen molar-refractivity contribution in [3.8, 4) is 6.07 Å². The molecule has 0 spiro atoms. The second kappa shape index (κ2) is 6.61. The van der Waals surface area contributed by atoms with Gasteiger partial charge >= 0.3 is 0 Å². The number of fused-ring (bicyclic) bond motifs is 1. The van der Waals surface area contributed by atoms with Crippen molar-refractivity contribution in [2.45, 2.75) is 24.5 Å². The number of sulfonamides is 1. The van der Waals surface area contributed by atoms with E-state index in [1.165, 1.54) is 0 Å². The molecule has 1 aromatic heterocycles. The molecule has 2 aliphatic rings. The minimum Gasteiger partial charge on any atom is -0.355 e. The van der Waals surface area contributed by atoms with E-state index in [9.17, 15) is 8.42 Å². The smallest absolute Gasteiger partial charge is 0.239 e. The molecule has 1 atom stereocenters. The standard InChI is InChI=1S/C19H20N4O2S/c20-13-16-6-3-9-19(21-16)22-11-4-7-17(14-22)26(24,25)23-12-10-15-5-1-2-8-18(15)23/h1-3,5-6,8-9,17H,4,7,10-12,14H2. The van der Waals surface area contributed by atoms with Crippen molar-refractivity contribution in [1.82, 2.24) is 4.98 Å². The number of nitriles is 1. The Kier molecular flexibility index (Phi) is 4.29. The Hall–Kier alpha value is -2.59. The maximum atomic E-state index is 13.3. The van der Waals surface area contributed by atoms with E-state index in [0.717, 1.165) is 30.6 Å². The van der Waals surface area contributed by atoms with Crippen LogP contribution in [0.5, 0.6) is 0 Å². The van der Waals surface area contributed by atoms with E-state index in [-0.39, 0.29) is 0 Å². The van der Waals surface area contributed by atoms with Gasteiger partial charge in [0.2, 0.25) is 10.0 Å². The number of anilines is 2.